The summed E-state index contributed by atoms with van der Waals surface area (Å²) in [6.07, 6.45) is 0.187. The second-order valence-corrected chi connectivity index (χ2v) is 6.89. The maximum Gasteiger partial charge on any atom is 0.311 e. The Kier molecular flexibility index (Phi) is 5.96. The zero-order chi connectivity index (χ0) is 15.2. The van der Waals surface area contributed by atoms with Crippen LogP contribution in [0.4, 0.5) is 5.69 Å². The number of benzene rings is 1. The highest BCUT2D eigenvalue weighted by Crippen LogP contribution is 2.26. The summed E-state index contributed by atoms with van der Waals surface area (Å²) in [6.45, 7) is -0.299. The molecule has 1 aromatic carbocycles. The molecule has 0 aliphatic heterocycles. The number of carbonyl (C=O) groups excluding carboxylic acids is 2. The zero-order valence-corrected chi connectivity index (χ0v) is 14.8. The van der Waals surface area contributed by atoms with Crippen LogP contribution < -0.4 is 5.32 Å². The predicted octanol–water partition coefficient (Wildman–Crippen LogP) is 4.00. The third-order valence-corrected chi connectivity index (χ3v) is 4.49. The van der Waals surface area contributed by atoms with Crippen LogP contribution in [0.3, 0.4) is 0 Å². The summed E-state index contributed by atoms with van der Waals surface area (Å²) in [7, 11) is 0. The molecule has 21 heavy (non-hydrogen) atoms. The molecule has 1 aromatic heterocycles. The van der Waals surface area contributed by atoms with Gasteiger partial charge in [0.05, 0.1) is 12.1 Å². The lowest BCUT2D eigenvalue weighted by Crippen LogP contribution is -2.21. The first-order chi connectivity index (χ1) is 10.0. The van der Waals surface area contributed by atoms with Crippen molar-refractivity contribution in [1.29, 1.82) is 0 Å². The maximum atomic E-state index is 11.7. The number of hydrogen-bond donors (Lipinski definition) is 1. The number of halogens is 2. The van der Waals surface area contributed by atoms with Crippen molar-refractivity contribution < 1.29 is 14.3 Å². The number of esters is 1. The molecule has 1 N–H and O–H groups in total. The minimum absolute atomic E-state index is 0.187. The van der Waals surface area contributed by atoms with Crippen LogP contribution in [0.1, 0.15) is 4.88 Å². The highest BCUT2D eigenvalue weighted by atomic mass is 79.9. The molecule has 0 bridgehead atoms. The fourth-order valence-electron chi connectivity index (χ4n) is 1.53. The second-order valence-electron chi connectivity index (χ2n) is 4.09. The highest BCUT2D eigenvalue weighted by Gasteiger charge is 2.10. The number of thiophene rings is 1. The van der Waals surface area contributed by atoms with Gasteiger partial charge >= 0.3 is 5.97 Å². The van der Waals surface area contributed by atoms with E-state index in [1.54, 1.807) is 6.07 Å². The van der Waals surface area contributed by atoms with Gasteiger partial charge in [-0.05, 0) is 45.6 Å². The molecule has 0 aliphatic carbocycles. The quantitative estimate of drug-likeness (QED) is 0.726. The van der Waals surface area contributed by atoms with Gasteiger partial charge in [0.25, 0.3) is 5.91 Å². The van der Waals surface area contributed by atoms with Crippen molar-refractivity contribution >= 4 is 60.8 Å². The zero-order valence-electron chi connectivity index (χ0n) is 10.8. The molecule has 0 fully saturated rings. The third kappa shape index (κ3) is 5.26. The van der Waals surface area contributed by atoms with E-state index in [0.717, 1.165) is 13.8 Å². The van der Waals surface area contributed by atoms with E-state index in [1.807, 2.05) is 29.6 Å². The minimum atomic E-state index is -0.414. The Labute approximate surface area is 142 Å². The average molecular weight is 433 g/mol. The SMILES string of the molecule is O=C(COC(=O)Cc1cccs1)Nc1ccc(Br)cc1Br. The molecule has 0 spiro atoms. The fraction of sp³-hybridized carbons (Fsp3) is 0.143. The van der Waals surface area contributed by atoms with Gasteiger partial charge in [0.2, 0.25) is 0 Å². The summed E-state index contributed by atoms with van der Waals surface area (Å²) in [5, 5.41) is 4.56. The van der Waals surface area contributed by atoms with E-state index in [0.29, 0.717) is 5.69 Å². The molecule has 2 rings (SSSR count). The first-order valence-electron chi connectivity index (χ1n) is 5.97. The Morgan fingerprint density at radius 1 is 1.24 bits per heavy atom. The van der Waals surface area contributed by atoms with Crippen molar-refractivity contribution in [3.05, 3.63) is 49.5 Å². The number of ether oxygens (including phenoxy) is 1. The standard InChI is InChI=1S/C14H11Br2NO3S/c15-9-3-4-12(11(16)6-9)17-13(18)8-20-14(19)7-10-2-1-5-21-10/h1-6H,7-8H2,(H,17,18). The Bertz CT molecular complexity index is 644. The van der Waals surface area contributed by atoms with E-state index in [2.05, 4.69) is 37.2 Å². The molecule has 1 amide bonds. The van der Waals surface area contributed by atoms with Crippen LogP contribution in [0.5, 0.6) is 0 Å². The van der Waals surface area contributed by atoms with Crippen molar-refractivity contribution in [2.75, 3.05) is 11.9 Å². The lowest BCUT2D eigenvalue weighted by molar-refractivity contribution is -0.146. The van der Waals surface area contributed by atoms with Crippen LogP contribution in [0.25, 0.3) is 0 Å². The molecule has 0 aliphatic rings. The van der Waals surface area contributed by atoms with Crippen LogP contribution in [-0.4, -0.2) is 18.5 Å². The molecule has 4 nitrogen and oxygen atoms in total. The van der Waals surface area contributed by atoms with Gasteiger partial charge in [-0.2, -0.15) is 0 Å². The van der Waals surface area contributed by atoms with Crippen molar-refractivity contribution in [3.63, 3.8) is 0 Å². The van der Waals surface area contributed by atoms with E-state index < -0.39 is 5.97 Å². The Balaban J connectivity index is 1.80. The van der Waals surface area contributed by atoms with E-state index in [-0.39, 0.29) is 18.9 Å². The van der Waals surface area contributed by atoms with Gasteiger partial charge in [-0.15, -0.1) is 11.3 Å². The molecule has 0 saturated carbocycles. The van der Waals surface area contributed by atoms with Crippen LogP contribution >= 0.6 is 43.2 Å². The van der Waals surface area contributed by atoms with Crippen LogP contribution in [0, 0.1) is 0 Å². The van der Waals surface area contributed by atoms with E-state index in [4.69, 9.17) is 4.74 Å². The van der Waals surface area contributed by atoms with Gasteiger partial charge in [0, 0.05) is 13.8 Å². The average Bonchev–Trinajstić information content (AvgIpc) is 2.92. The van der Waals surface area contributed by atoms with E-state index >= 15 is 0 Å². The number of anilines is 1. The summed E-state index contributed by atoms with van der Waals surface area (Å²) in [6, 6.07) is 9.09. The largest absolute Gasteiger partial charge is 0.455 e. The normalized spacial score (nSPS) is 10.2. The Morgan fingerprint density at radius 3 is 2.71 bits per heavy atom. The number of carbonyl (C=O) groups is 2. The van der Waals surface area contributed by atoms with Crippen LogP contribution in [-0.2, 0) is 20.7 Å². The number of hydrogen-bond acceptors (Lipinski definition) is 4. The summed E-state index contributed by atoms with van der Waals surface area (Å²) in [5.74, 6) is -0.792. The molecule has 0 radical (unpaired) electrons. The third-order valence-electron chi connectivity index (χ3n) is 2.47. The van der Waals surface area contributed by atoms with Gasteiger partial charge in [-0.25, -0.2) is 0 Å². The first-order valence-corrected chi connectivity index (χ1v) is 8.44. The van der Waals surface area contributed by atoms with E-state index in [9.17, 15) is 9.59 Å². The molecular weight excluding hydrogens is 422 g/mol. The molecule has 2 aromatic rings. The number of amides is 1. The van der Waals surface area contributed by atoms with Crippen molar-refractivity contribution in [2.45, 2.75) is 6.42 Å². The van der Waals surface area contributed by atoms with E-state index in [1.165, 1.54) is 11.3 Å². The number of nitrogens with one attached hydrogen (secondary N) is 1. The van der Waals surface area contributed by atoms with Gasteiger partial charge in [-0.1, -0.05) is 22.0 Å². The monoisotopic (exact) mass is 431 g/mol. The van der Waals surface area contributed by atoms with Gasteiger partial charge in [-0.3, -0.25) is 9.59 Å². The lowest BCUT2D eigenvalue weighted by Gasteiger charge is -2.08. The lowest BCUT2D eigenvalue weighted by atomic mass is 10.3. The molecule has 0 unspecified atom stereocenters. The minimum Gasteiger partial charge on any atom is -0.455 e. The van der Waals surface area contributed by atoms with Crippen LogP contribution in [0.15, 0.2) is 44.7 Å². The summed E-state index contributed by atoms with van der Waals surface area (Å²) >= 11 is 8.15. The fourth-order valence-corrected chi connectivity index (χ4v) is 3.37. The van der Waals surface area contributed by atoms with Crippen molar-refractivity contribution in [3.8, 4) is 0 Å². The Morgan fingerprint density at radius 2 is 2.05 bits per heavy atom. The van der Waals surface area contributed by atoms with Gasteiger partial charge < -0.3 is 10.1 Å². The molecule has 0 saturated heterocycles. The molecule has 0 atom stereocenters. The smallest absolute Gasteiger partial charge is 0.311 e. The number of rotatable bonds is 5. The Hall–Kier alpha value is -1.18. The van der Waals surface area contributed by atoms with Crippen molar-refractivity contribution in [1.82, 2.24) is 0 Å². The molecular formula is C14H11Br2NO3S. The predicted molar refractivity (Wildman–Crippen MR) is 89.5 cm³/mol. The van der Waals surface area contributed by atoms with Gasteiger partial charge in [0.15, 0.2) is 6.61 Å². The van der Waals surface area contributed by atoms with Crippen molar-refractivity contribution in [2.24, 2.45) is 0 Å². The molecule has 1 heterocycles. The molecule has 110 valence electrons. The molecule has 7 heteroatoms. The highest BCUT2D eigenvalue weighted by molar-refractivity contribution is 9.11. The maximum absolute atomic E-state index is 11.7. The van der Waals surface area contributed by atoms with Gasteiger partial charge in [0.1, 0.15) is 0 Å². The summed E-state index contributed by atoms with van der Waals surface area (Å²) < 4.78 is 6.59. The summed E-state index contributed by atoms with van der Waals surface area (Å²) in [5.41, 5.74) is 0.623. The summed E-state index contributed by atoms with van der Waals surface area (Å²) in [4.78, 5) is 24.2. The topological polar surface area (TPSA) is 55.4 Å². The second kappa shape index (κ2) is 7.72. The first kappa shape index (κ1) is 16.2. The van der Waals surface area contributed by atoms with Crippen LogP contribution in [0.2, 0.25) is 0 Å².